The van der Waals surface area contributed by atoms with Gasteiger partial charge in [-0.3, -0.25) is 0 Å². The first-order valence-electron chi connectivity index (χ1n) is 9.69. The quantitative estimate of drug-likeness (QED) is 0.606. The molecule has 0 radical (unpaired) electrons. The van der Waals surface area contributed by atoms with Crippen molar-refractivity contribution in [2.75, 3.05) is 0 Å². The van der Waals surface area contributed by atoms with Crippen LogP contribution in [0.2, 0.25) is 0 Å². The zero-order valence-electron chi connectivity index (χ0n) is 15.9. The summed E-state index contributed by atoms with van der Waals surface area (Å²) in [5.74, 6) is 0.348. The normalized spacial score (nSPS) is 14.9. The maximum Gasteiger partial charge on any atom is 0.342 e. The Kier molecular flexibility index (Phi) is 5.53. The van der Waals surface area contributed by atoms with E-state index in [1.165, 1.54) is 32.1 Å². The number of hydrogen-bond donors (Lipinski definition) is 1. The molecule has 1 saturated carbocycles. The topological polar surface area (TPSA) is 63.3 Å². The lowest BCUT2D eigenvalue weighted by molar-refractivity contribution is 0.448. The van der Waals surface area contributed by atoms with Crippen molar-refractivity contribution >= 4 is 11.8 Å². The fourth-order valence-electron chi connectivity index (χ4n) is 3.67. The van der Waals surface area contributed by atoms with Crippen LogP contribution in [-0.4, -0.2) is 15.3 Å². The molecule has 4 rings (SSSR count). The molecule has 0 aliphatic heterocycles. The van der Waals surface area contributed by atoms with Crippen LogP contribution in [0.25, 0.3) is 22.5 Å². The Morgan fingerprint density at radius 3 is 2.57 bits per heavy atom. The summed E-state index contributed by atoms with van der Waals surface area (Å²) in [4.78, 5) is 16.9. The number of benzene rings is 1. The highest BCUT2D eigenvalue weighted by Crippen LogP contribution is 2.44. The Labute approximate surface area is 168 Å². The van der Waals surface area contributed by atoms with Crippen molar-refractivity contribution in [2.24, 2.45) is 0 Å². The first-order chi connectivity index (χ1) is 13.6. The minimum absolute atomic E-state index is 0.0337. The van der Waals surface area contributed by atoms with Crippen molar-refractivity contribution in [3.63, 3.8) is 0 Å². The highest BCUT2D eigenvalue weighted by atomic mass is 32.2. The SMILES string of the molecule is Cc1c(O)c(-c2cccnc2SC2CCCCC2)c(-c2ccccc2)oc1=O. The van der Waals surface area contributed by atoms with E-state index < -0.39 is 5.63 Å². The molecule has 5 heteroatoms. The Morgan fingerprint density at radius 1 is 1.07 bits per heavy atom. The molecule has 0 unspecified atom stereocenters. The van der Waals surface area contributed by atoms with Gasteiger partial charge in [-0.2, -0.15) is 0 Å². The van der Waals surface area contributed by atoms with Crippen molar-refractivity contribution in [3.05, 3.63) is 64.6 Å². The smallest absolute Gasteiger partial charge is 0.342 e. The van der Waals surface area contributed by atoms with Crippen LogP contribution in [0.15, 0.2) is 62.9 Å². The Hall–Kier alpha value is -2.53. The molecule has 0 amide bonds. The zero-order valence-corrected chi connectivity index (χ0v) is 16.7. The van der Waals surface area contributed by atoms with Crippen LogP contribution >= 0.6 is 11.8 Å². The average Bonchev–Trinajstić information content (AvgIpc) is 2.74. The fourth-order valence-corrected chi connectivity index (χ4v) is 4.97. The molecule has 0 bridgehead atoms. The largest absolute Gasteiger partial charge is 0.507 e. The summed E-state index contributed by atoms with van der Waals surface area (Å²) in [6, 6.07) is 13.2. The summed E-state index contributed by atoms with van der Waals surface area (Å²) in [5, 5.41) is 12.3. The van der Waals surface area contributed by atoms with Crippen LogP contribution in [0.4, 0.5) is 0 Å². The van der Waals surface area contributed by atoms with Crippen molar-refractivity contribution < 1.29 is 9.52 Å². The minimum Gasteiger partial charge on any atom is -0.507 e. The number of hydrogen-bond acceptors (Lipinski definition) is 5. The predicted octanol–water partition coefficient (Wildman–Crippen LogP) is 5.81. The molecular weight excluding hydrogens is 370 g/mol. The van der Waals surface area contributed by atoms with Gasteiger partial charge in [-0.15, -0.1) is 11.8 Å². The molecule has 1 N–H and O–H groups in total. The summed E-state index contributed by atoms with van der Waals surface area (Å²) in [6.45, 7) is 1.59. The number of aromatic nitrogens is 1. The second-order valence-electron chi connectivity index (χ2n) is 7.17. The summed E-state index contributed by atoms with van der Waals surface area (Å²) < 4.78 is 5.65. The van der Waals surface area contributed by atoms with Crippen molar-refractivity contribution in [1.29, 1.82) is 0 Å². The third-order valence-electron chi connectivity index (χ3n) is 5.23. The molecule has 28 heavy (non-hydrogen) atoms. The van der Waals surface area contributed by atoms with Gasteiger partial charge in [-0.1, -0.05) is 49.6 Å². The van der Waals surface area contributed by atoms with E-state index in [2.05, 4.69) is 4.98 Å². The number of nitrogens with zero attached hydrogens (tertiary/aromatic N) is 1. The van der Waals surface area contributed by atoms with Gasteiger partial charge in [0.15, 0.2) is 0 Å². The van der Waals surface area contributed by atoms with Crippen LogP contribution in [-0.2, 0) is 0 Å². The number of thioether (sulfide) groups is 1. The zero-order chi connectivity index (χ0) is 19.5. The summed E-state index contributed by atoms with van der Waals surface area (Å²) in [5.41, 5.74) is 1.79. The fraction of sp³-hybridized carbons (Fsp3) is 0.304. The lowest BCUT2D eigenvalue weighted by atomic mass is 9.99. The monoisotopic (exact) mass is 393 g/mol. The van der Waals surface area contributed by atoms with Crippen molar-refractivity contribution in [3.8, 4) is 28.2 Å². The summed E-state index contributed by atoms with van der Waals surface area (Å²) in [6.07, 6.45) is 7.94. The van der Waals surface area contributed by atoms with E-state index in [1.54, 1.807) is 24.9 Å². The molecule has 0 saturated heterocycles. The van der Waals surface area contributed by atoms with Gasteiger partial charge in [0.2, 0.25) is 0 Å². The highest BCUT2D eigenvalue weighted by molar-refractivity contribution is 8.00. The van der Waals surface area contributed by atoms with Gasteiger partial charge in [0.25, 0.3) is 0 Å². The first kappa shape index (κ1) is 18.8. The van der Waals surface area contributed by atoms with E-state index in [0.717, 1.165) is 16.2 Å². The van der Waals surface area contributed by atoms with Crippen molar-refractivity contribution in [2.45, 2.75) is 49.3 Å². The van der Waals surface area contributed by atoms with E-state index in [4.69, 9.17) is 4.42 Å². The van der Waals surface area contributed by atoms with Gasteiger partial charge in [0, 0.05) is 22.6 Å². The molecule has 144 valence electrons. The van der Waals surface area contributed by atoms with Gasteiger partial charge < -0.3 is 9.52 Å². The van der Waals surface area contributed by atoms with Crippen LogP contribution in [0, 0.1) is 6.92 Å². The minimum atomic E-state index is -0.523. The number of aromatic hydroxyl groups is 1. The van der Waals surface area contributed by atoms with Crippen LogP contribution in [0.3, 0.4) is 0 Å². The van der Waals surface area contributed by atoms with Gasteiger partial charge in [-0.25, -0.2) is 9.78 Å². The van der Waals surface area contributed by atoms with E-state index in [0.29, 0.717) is 16.6 Å². The molecule has 1 aliphatic rings. The highest BCUT2D eigenvalue weighted by Gasteiger charge is 2.24. The lowest BCUT2D eigenvalue weighted by Gasteiger charge is -2.22. The van der Waals surface area contributed by atoms with Gasteiger partial charge in [-0.05, 0) is 31.9 Å². The molecule has 0 spiro atoms. The second kappa shape index (κ2) is 8.23. The van der Waals surface area contributed by atoms with E-state index in [-0.39, 0.29) is 11.3 Å². The number of pyridine rings is 1. The third-order valence-corrected chi connectivity index (χ3v) is 6.58. The van der Waals surface area contributed by atoms with E-state index >= 15 is 0 Å². The van der Waals surface area contributed by atoms with Gasteiger partial charge in [0.1, 0.15) is 16.5 Å². The molecule has 1 fully saturated rings. The Morgan fingerprint density at radius 2 is 1.82 bits per heavy atom. The molecule has 1 aliphatic carbocycles. The van der Waals surface area contributed by atoms with Crippen LogP contribution in [0.1, 0.15) is 37.7 Å². The lowest BCUT2D eigenvalue weighted by Crippen LogP contribution is -2.09. The third kappa shape index (κ3) is 3.72. The molecule has 4 nitrogen and oxygen atoms in total. The maximum absolute atomic E-state index is 12.3. The number of rotatable bonds is 4. The molecule has 3 aromatic rings. The Bertz CT molecular complexity index is 1020. The molecule has 1 aromatic carbocycles. The van der Waals surface area contributed by atoms with E-state index in [1.807, 2.05) is 42.5 Å². The molecular formula is C23H23NO3S. The van der Waals surface area contributed by atoms with Crippen LogP contribution < -0.4 is 5.63 Å². The Balaban J connectivity index is 1.88. The molecule has 2 aromatic heterocycles. The molecule has 2 heterocycles. The summed E-state index contributed by atoms with van der Waals surface area (Å²) in [7, 11) is 0. The molecule has 0 atom stereocenters. The standard InChI is InChI=1S/C23H23NO3S/c1-15-20(25)19(21(27-23(15)26)16-9-4-2-5-10-16)18-13-8-14-24-22(18)28-17-11-6-3-7-12-17/h2,4-5,8-10,13-14,17,25H,3,6-7,11-12H2,1H3. The van der Waals surface area contributed by atoms with Crippen molar-refractivity contribution in [1.82, 2.24) is 4.98 Å². The van der Waals surface area contributed by atoms with Crippen LogP contribution in [0.5, 0.6) is 5.75 Å². The average molecular weight is 394 g/mol. The summed E-state index contributed by atoms with van der Waals surface area (Å²) >= 11 is 1.77. The maximum atomic E-state index is 12.3. The van der Waals surface area contributed by atoms with E-state index in [9.17, 15) is 9.90 Å². The first-order valence-corrected chi connectivity index (χ1v) is 10.6. The van der Waals surface area contributed by atoms with Gasteiger partial charge >= 0.3 is 5.63 Å². The predicted molar refractivity (Wildman–Crippen MR) is 113 cm³/mol. The second-order valence-corrected chi connectivity index (χ2v) is 8.46. The van der Waals surface area contributed by atoms with Gasteiger partial charge in [0.05, 0.1) is 11.1 Å².